The van der Waals surface area contributed by atoms with E-state index in [2.05, 4.69) is 112 Å². The van der Waals surface area contributed by atoms with Crippen LogP contribution in [0.5, 0.6) is 0 Å². The first-order valence-corrected chi connectivity index (χ1v) is 10.6. The number of H-pyrrole nitrogens is 1. The minimum atomic E-state index is 1.10. The maximum atomic E-state index is 3.62. The van der Waals surface area contributed by atoms with Crippen LogP contribution in [0.3, 0.4) is 0 Å². The molecule has 3 heteroatoms. The van der Waals surface area contributed by atoms with Gasteiger partial charge < -0.3 is 9.55 Å². The molecule has 0 unspecified atom stereocenters. The summed E-state index contributed by atoms with van der Waals surface area (Å²) in [5, 5.41) is 5.10. The monoisotopic (exact) mass is 438 g/mol. The van der Waals surface area contributed by atoms with Crippen molar-refractivity contribution in [2.45, 2.75) is 13.8 Å². The van der Waals surface area contributed by atoms with Gasteiger partial charge in [-0.3, -0.25) is 0 Å². The standard InChI is InChI=1S/C26H19BrN2/c1-15-3-9-25-21(11-15)22-12-16(2)4-10-26(22)29(25)18-6-8-24-20(14-18)19-13-17(27)5-7-23(19)28-24/h3-14,28H,1-2H3. The van der Waals surface area contributed by atoms with Crippen molar-refractivity contribution >= 4 is 59.5 Å². The zero-order valence-electron chi connectivity index (χ0n) is 16.3. The molecule has 4 aromatic carbocycles. The van der Waals surface area contributed by atoms with E-state index in [1.165, 1.54) is 49.4 Å². The Kier molecular flexibility index (Phi) is 3.48. The Morgan fingerprint density at radius 2 is 1.21 bits per heavy atom. The topological polar surface area (TPSA) is 20.7 Å². The molecular formula is C26H19BrN2. The summed E-state index contributed by atoms with van der Waals surface area (Å²) in [6.45, 7) is 4.32. The molecule has 0 fully saturated rings. The lowest BCUT2D eigenvalue weighted by atomic mass is 10.1. The normalized spacial score (nSPS) is 12.0. The van der Waals surface area contributed by atoms with Crippen molar-refractivity contribution in [2.75, 3.05) is 0 Å². The molecule has 0 spiro atoms. The second-order valence-electron chi connectivity index (χ2n) is 7.92. The van der Waals surface area contributed by atoms with Crippen molar-refractivity contribution in [3.8, 4) is 5.69 Å². The third kappa shape index (κ3) is 2.47. The predicted octanol–water partition coefficient (Wildman–Crippen LogP) is 7.80. The smallest absolute Gasteiger partial charge is 0.0541 e. The maximum absolute atomic E-state index is 3.62. The highest BCUT2D eigenvalue weighted by atomic mass is 79.9. The fraction of sp³-hybridized carbons (Fsp3) is 0.0769. The molecule has 0 bridgehead atoms. The number of halogens is 1. The van der Waals surface area contributed by atoms with Crippen LogP contribution in [0.15, 0.2) is 77.3 Å². The lowest BCUT2D eigenvalue weighted by Crippen LogP contribution is -1.93. The van der Waals surface area contributed by atoms with Gasteiger partial charge in [0.05, 0.1) is 11.0 Å². The van der Waals surface area contributed by atoms with E-state index >= 15 is 0 Å². The Bertz CT molecular complexity index is 1520. The van der Waals surface area contributed by atoms with Gasteiger partial charge in [-0.15, -0.1) is 0 Å². The molecule has 140 valence electrons. The first-order chi connectivity index (χ1) is 14.1. The first-order valence-electron chi connectivity index (χ1n) is 9.81. The van der Waals surface area contributed by atoms with E-state index in [0.717, 1.165) is 15.5 Å². The summed E-state index contributed by atoms with van der Waals surface area (Å²) in [5.41, 5.74) is 8.58. The lowest BCUT2D eigenvalue weighted by Gasteiger charge is -2.08. The molecule has 0 radical (unpaired) electrons. The highest BCUT2D eigenvalue weighted by Gasteiger charge is 2.14. The second kappa shape index (κ2) is 5.98. The summed E-state index contributed by atoms with van der Waals surface area (Å²) in [7, 11) is 0. The van der Waals surface area contributed by atoms with Gasteiger partial charge in [-0.05, 0) is 74.5 Å². The van der Waals surface area contributed by atoms with Gasteiger partial charge >= 0.3 is 0 Å². The molecule has 0 aliphatic heterocycles. The number of nitrogens with one attached hydrogen (secondary N) is 1. The van der Waals surface area contributed by atoms with Crippen molar-refractivity contribution in [3.63, 3.8) is 0 Å². The Morgan fingerprint density at radius 3 is 1.86 bits per heavy atom. The predicted molar refractivity (Wildman–Crippen MR) is 127 cm³/mol. The van der Waals surface area contributed by atoms with E-state index in [-0.39, 0.29) is 0 Å². The van der Waals surface area contributed by atoms with E-state index in [1.807, 2.05) is 0 Å². The molecule has 0 saturated heterocycles. The van der Waals surface area contributed by atoms with Crippen molar-refractivity contribution < 1.29 is 0 Å². The second-order valence-corrected chi connectivity index (χ2v) is 8.84. The van der Waals surface area contributed by atoms with E-state index < -0.39 is 0 Å². The fourth-order valence-corrected chi connectivity index (χ4v) is 4.89. The molecule has 0 aliphatic rings. The molecule has 6 aromatic rings. The minimum Gasteiger partial charge on any atom is -0.355 e. The zero-order valence-corrected chi connectivity index (χ0v) is 17.8. The van der Waals surface area contributed by atoms with Gasteiger partial charge in [-0.25, -0.2) is 0 Å². The quantitative estimate of drug-likeness (QED) is 0.270. The van der Waals surface area contributed by atoms with Crippen LogP contribution in [0.4, 0.5) is 0 Å². The largest absolute Gasteiger partial charge is 0.355 e. The van der Waals surface area contributed by atoms with E-state index in [0.29, 0.717) is 0 Å². The van der Waals surface area contributed by atoms with Gasteiger partial charge in [0.25, 0.3) is 0 Å². The number of hydrogen-bond donors (Lipinski definition) is 1. The number of hydrogen-bond acceptors (Lipinski definition) is 0. The van der Waals surface area contributed by atoms with Crippen LogP contribution < -0.4 is 0 Å². The molecule has 2 aromatic heterocycles. The number of aromatic amines is 1. The van der Waals surface area contributed by atoms with Gasteiger partial charge in [-0.1, -0.05) is 39.2 Å². The van der Waals surface area contributed by atoms with Crippen LogP contribution in [0.2, 0.25) is 0 Å². The summed E-state index contributed by atoms with van der Waals surface area (Å²) in [6, 6.07) is 26.6. The number of rotatable bonds is 1. The fourth-order valence-electron chi connectivity index (χ4n) is 4.53. The molecule has 0 amide bonds. The van der Waals surface area contributed by atoms with Crippen molar-refractivity contribution in [1.82, 2.24) is 9.55 Å². The molecule has 0 atom stereocenters. The van der Waals surface area contributed by atoms with Crippen LogP contribution in [0.25, 0.3) is 49.3 Å². The number of benzene rings is 4. The van der Waals surface area contributed by atoms with Crippen LogP contribution >= 0.6 is 15.9 Å². The molecule has 0 saturated carbocycles. The summed E-state index contributed by atoms with van der Waals surface area (Å²) in [5.74, 6) is 0. The van der Waals surface area contributed by atoms with Gasteiger partial charge in [0.15, 0.2) is 0 Å². The summed E-state index contributed by atoms with van der Waals surface area (Å²) in [6.07, 6.45) is 0. The summed E-state index contributed by atoms with van der Waals surface area (Å²) >= 11 is 3.62. The van der Waals surface area contributed by atoms with Crippen LogP contribution in [-0.4, -0.2) is 9.55 Å². The highest BCUT2D eigenvalue weighted by molar-refractivity contribution is 9.10. The van der Waals surface area contributed by atoms with Crippen LogP contribution in [0, 0.1) is 13.8 Å². The molecule has 6 rings (SSSR count). The molecule has 0 aliphatic carbocycles. The Labute approximate surface area is 176 Å². The van der Waals surface area contributed by atoms with Gasteiger partial charge in [0.2, 0.25) is 0 Å². The number of aromatic nitrogens is 2. The molecule has 29 heavy (non-hydrogen) atoms. The minimum absolute atomic E-state index is 1.10. The van der Waals surface area contributed by atoms with Gasteiger partial charge in [0.1, 0.15) is 0 Å². The number of nitrogens with zero attached hydrogens (tertiary/aromatic N) is 1. The van der Waals surface area contributed by atoms with E-state index in [4.69, 9.17) is 0 Å². The zero-order chi connectivity index (χ0) is 19.7. The third-order valence-corrected chi connectivity index (χ3v) is 6.37. The summed E-state index contributed by atoms with van der Waals surface area (Å²) in [4.78, 5) is 3.54. The Balaban J connectivity index is 1.74. The van der Waals surface area contributed by atoms with Crippen molar-refractivity contribution in [1.29, 1.82) is 0 Å². The molecule has 2 nitrogen and oxygen atoms in total. The van der Waals surface area contributed by atoms with Crippen LogP contribution in [0.1, 0.15) is 11.1 Å². The maximum Gasteiger partial charge on any atom is 0.0541 e. The molecule has 1 N–H and O–H groups in total. The Hall–Kier alpha value is -3.04. The average molecular weight is 439 g/mol. The van der Waals surface area contributed by atoms with Crippen molar-refractivity contribution in [3.05, 3.63) is 88.4 Å². The molecule has 2 heterocycles. The lowest BCUT2D eigenvalue weighted by molar-refractivity contribution is 1.18. The van der Waals surface area contributed by atoms with Crippen molar-refractivity contribution in [2.24, 2.45) is 0 Å². The highest BCUT2D eigenvalue weighted by Crippen LogP contribution is 2.35. The number of fused-ring (bicyclic) bond motifs is 6. The van der Waals surface area contributed by atoms with Crippen LogP contribution in [-0.2, 0) is 0 Å². The van der Waals surface area contributed by atoms with Gasteiger partial charge in [0, 0.05) is 42.7 Å². The summed E-state index contributed by atoms with van der Waals surface area (Å²) < 4.78 is 3.49. The average Bonchev–Trinajstić information content (AvgIpc) is 3.22. The number of aryl methyl sites for hydroxylation is 2. The molecular weight excluding hydrogens is 420 g/mol. The van der Waals surface area contributed by atoms with E-state index in [1.54, 1.807) is 0 Å². The Morgan fingerprint density at radius 1 is 0.621 bits per heavy atom. The SMILES string of the molecule is Cc1ccc2c(c1)c1cc(C)ccc1n2-c1ccc2[nH]c3ccc(Br)cc3c2c1. The van der Waals surface area contributed by atoms with E-state index in [9.17, 15) is 0 Å². The first kappa shape index (κ1) is 16.9. The van der Waals surface area contributed by atoms with Gasteiger partial charge in [-0.2, -0.15) is 0 Å². The third-order valence-electron chi connectivity index (χ3n) is 5.88.